The van der Waals surface area contributed by atoms with Crippen molar-refractivity contribution in [3.63, 3.8) is 0 Å². The maximum atomic E-state index is 12.2. The Morgan fingerprint density at radius 3 is 3.12 bits per heavy atom. The summed E-state index contributed by atoms with van der Waals surface area (Å²) in [7, 11) is 0. The van der Waals surface area contributed by atoms with E-state index < -0.39 is 0 Å². The molecule has 2 atom stereocenters. The van der Waals surface area contributed by atoms with E-state index in [-0.39, 0.29) is 11.9 Å². The molecule has 2 heterocycles. The van der Waals surface area contributed by atoms with Crippen LogP contribution in [0, 0.1) is 5.92 Å². The number of carbonyl (C=O) groups is 1. The van der Waals surface area contributed by atoms with Gasteiger partial charge in [0.15, 0.2) is 5.78 Å². The van der Waals surface area contributed by atoms with Crippen molar-refractivity contribution in [1.82, 2.24) is 4.98 Å². The number of benzene rings is 1. The van der Waals surface area contributed by atoms with Gasteiger partial charge >= 0.3 is 0 Å². The number of H-pyrrole nitrogens is 1. The monoisotopic (exact) mass is 227 g/mol. The van der Waals surface area contributed by atoms with Gasteiger partial charge in [0.1, 0.15) is 6.10 Å². The van der Waals surface area contributed by atoms with Crippen molar-refractivity contribution in [2.45, 2.75) is 18.9 Å². The van der Waals surface area contributed by atoms with Crippen molar-refractivity contribution in [2.75, 3.05) is 6.61 Å². The quantitative estimate of drug-likeness (QED) is 0.752. The van der Waals surface area contributed by atoms with E-state index in [2.05, 4.69) is 4.98 Å². The van der Waals surface area contributed by atoms with E-state index in [0.717, 1.165) is 35.2 Å². The summed E-state index contributed by atoms with van der Waals surface area (Å²) >= 11 is 0. The lowest BCUT2D eigenvalue weighted by atomic mass is 9.83. The molecule has 3 nitrogen and oxygen atoms in total. The lowest BCUT2D eigenvalue weighted by Gasteiger charge is -2.23. The smallest absolute Gasteiger partial charge is 0.165 e. The van der Waals surface area contributed by atoms with Crippen molar-refractivity contribution in [2.24, 2.45) is 5.92 Å². The number of carbonyl (C=O) groups excluding carboxylic acids is 1. The summed E-state index contributed by atoms with van der Waals surface area (Å²) in [5.41, 5.74) is 2.91. The van der Waals surface area contributed by atoms with E-state index in [4.69, 9.17) is 4.74 Å². The zero-order valence-electron chi connectivity index (χ0n) is 9.40. The second kappa shape index (κ2) is 3.20. The third kappa shape index (κ3) is 1.17. The molecule has 1 aromatic heterocycles. The van der Waals surface area contributed by atoms with E-state index in [0.29, 0.717) is 12.3 Å². The third-order valence-electron chi connectivity index (χ3n) is 3.96. The Morgan fingerprint density at radius 2 is 2.18 bits per heavy atom. The molecule has 2 aliphatic rings. The molecule has 1 N–H and O–H groups in total. The Kier molecular flexibility index (Phi) is 1.77. The van der Waals surface area contributed by atoms with Crippen LogP contribution in [0.5, 0.6) is 0 Å². The molecule has 0 amide bonds. The SMILES string of the molecule is O=C1C[C@@H]2CCO[C@@H]2c2[nH]c3ccccc3c21. The van der Waals surface area contributed by atoms with Crippen molar-refractivity contribution in [1.29, 1.82) is 0 Å². The van der Waals surface area contributed by atoms with Crippen LogP contribution in [-0.2, 0) is 4.74 Å². The van der Waals surface area contributed by atoms with Gasteiger partial charge in [0, 0.05) is 35.4 Å². The summed E-state index contributed by atoms with van der Waals surface area (Å²) in [6, 6.07) is 8.00. The minimum atomic E-state index is 0.107. The van der Waals surface area contributed by atoms with Crippen LogP contribution in [0.15, 0.2) is 24.3 Å². The van der Waals surface area contributed by atoms with Crippen LogP contribution in [0.2, 0.25) is 0 Å². The Bertz CT molecular complexity index is 614. The van der Waals surface area contributed by atoms with Crippen LogP contribution in [0.1, 0.15) is 35.0 Å². The Labute approximate surface area is 98.8 Å². The van der Waals surface area contributed by atoms with Crippen molar-refractivity contribution >= 4 is 16.7 Å². The van der Waals surface area contributed by atoms with Gasteiger partial charge in [-0.3, -0.25) is 4.79 Å². The van der Waals surface area contributed by atoms with Gasteiger partial charge in [-0.1, -0.05) is 18.2 Å². The van der Waals surface area contributed by atoms with E-state index in [1.54, 1.807) is 0 Å². The number of aromatic amines is 1. The fourth-order valence-electron chi connectivity index (χ4n) is 3.18. The number of nitrogens with one attached hydrogen (secondary N) is 1. The van der Waals surface area contributed by atoms with Gasteiger partial charge in [-0.05, 0) is 12.5 Å². The van der Waals surface area contributed by atoms with Crippen LogP contribution in [0.4, 0.5) is 0 Å². The first-order valence-electron chi connectivity index (χ1n) is 6.10. The maximum absolute atomic E-state index is 12.2. The van der Waals surface area contributed by atoms with Crippen LogP contribution in [-0.4, -0.2) is 17.4 Å². The maximum Gasteiger partial charge on any atom is 0.165 e. The summed E-state index contributed by atoms with van der Waals surface area (Å²) in [6.07, 6.45) is 1.75. The molecule has 1 fully saturated rings. The van der Waals surface area contributed by atoms with Crippen LogP contribution >= 0.6 is 0 Å². The van der Waals surface area contributed by atoms with Crippen molar-refractivity contribution in [3.05, 3.63) is 35.5 Å². The second-order valence-electron chi connectivity index (χ2n) is 4.93. The fraction of sp³-hybridized carbons (Fsp3) is 0.357. The number of fused-ring (bicyclic) bond motifs is 5. The van der Waals surface area contributed by atoms with Gasteiger partial charge in [-0.2, -0.15) is 0 Å². The lowest BCUT2D eigenvalue weighted by molar-refractivity contribution is 0.0692. The van der Waals surface area contributed by atoms with Gasteiger partial charge < -0.3 is 9.72 Å². The standard InChI is InChI=1S/C14H13NO2/c16-11-7-8-5-6-17-14(8)13-12(11)9-3-1-2-4-10(9)15-13/h1-4,8,14-15H,5-7H2/t8-,14-/m0/s1. The number of ketones is 1. The van der Waals surface area contributed by atoms with Gasteiger partial charge in [0.25, 0.3) is 0 Å². The molecule has 0 unspecified atom stereocenters. The number of aromatic nitrogens is 1. The van der Waals surface area contributed by atoms with Crippen LogP contribution in [0.3, 0.4) is 0 Å². The number of hydrogen-bond acceptors (Lipinski definition) is 2. The lowest BCUT2D eigenvalue weighted by Crippen LogP contribution is -2.21. The summed E-state index contributed by atoms with van der Waals surface area (Å²) in [5.74, 6) is 0.646. The molecule has 0 spiro atoms. The molecular formula is C14H13NO2. The number of rotatable bonds is 0. The number of Topliss-reactive ketones (excluding diaryl/α,β-unsaturated/α-hetero) is 1. The van der Waals surface area contributed by atoms with Gasteiger partial charge in [0.05, 0.1) is 5.69 Å². The summed E-state index contributed by atoms with van der Waals surface area (Å²) in [4.78, 5) is 15.6. The van der Waals surface area contributed by atoms with Crippen LogP contribution in [0.25, 0.3) is 10.9 Å². The zero-order valence-corrected chi connectivity index (χ0v) is 9.40. The molecule has 1 saturated heterocycles. The molecule has 2 aromatic rings. The molecule has 1 aromatic carbocycles. The predicted molar refractivity (Wildman–Crippen MR) is 64.0 cm³/mol. The third-order valence-corrected chi connectivity index (χ3v) is 3.96. The second-order valence-corrected chi connectivity index (χ2v) is 4.93. The molecule has 0 radical (unpaired) electrons. The number of para-hydroxylation sites is 1. The largest absolute Gasteiger partial charge is 0.372 e. The number of ether oxygens (including phenoxy) is 1. The van der Waals surface area contributed by atoms with E-state index in [1.165, 1.54) is 0 Å². The molecule has 1 aliphatic heterocycles. The molecule has 0 bridgehead atoms. The molecule has 17 heavy (non-hydrogen) atoms. The fourth-order valence-corrected chi connectivity index (χ4v) is 3.18. The molecule has 0 saturated carbocycles. The molecular weight excluding hydrogens is 214 g/mol. The average Bonchev–Trinajstić information content (AvgIpc) is 2.91. The highest BCUT2D eigenvalue weighted by atomic mass is 16.5. The minimum Gasteiger partial charge on any atom is -0.372 e. The van der Waals surface area contributed by atoms with Crippen LogP contribution < -0.4 is 0 Å². The van der Waals surface area contributed by atoms with Crippen molar-refractivity contribution in [3.8, 4) is 0 Å². The highest BCUT2D eigenvalue weighted by Crippen LogP contribution is 2.44. The average molecular weight is 227 g/mol. The first-order valence-corrected chi connectivity index (χ1v) is 6.10. The van der Waals surface area contributed by atoms with Crippen molar-refractivity contribution < 1.29 is 9.53 Å². The normalized spacial score (nSPS) is 27.2. The van der Waals surface area contributed by atoms with E-state index >= 15 is 0 Å². The Hall–Kier alpha value is -1.61. The summed E-state index contributed by atoms with van der Waals surface area (Å²) < 4.78 is 5.78. The van der Waals surface area contributed by atoms with Gasteiger partial charge in [0.2, 0.25) is 0 Å². The predicted octanol–water partition coefficient (Wildman–Crippen LogP) is 2.83. The summed E-state index contributed by atoms with van der Waals surface area (Å²) in [6.45, 7) is 0.775. The Morgan fingerprint density at radius 1 is 1.29 bits per heavy atom. The summed E-state index contributed by atoms with van der Waals surface area (Å²) in [5, 5.41) is 1.04. The van der Waals surface area contributed by atoms with Gasteiger partial charge in [-0.15, -0.1) is 0 Å². The molecule has 4 rings (SSSR count). The topological polar surface area (TPSA) is 42.1 Å². The highest BCUT2D eigenvalue weighted by molar-refractivity contribution is 6.10. The zero-order chi connectivity index (χ0) is 11.4. The van der Waals surface area contributed by atoms with Gasteiger partial charge in [-0.25, -0.2) is 0 Å². The van der Waals surface area contributed by atoms with E-state index in [1.807, 2.05) is 24.3 Å². The molecule has 86 valence electrons. The number of hydrogen-bond donors (Lipinski definition) is 1. The molecule has 3 heteroatoms. The Balaban J connectivity index is 2.03. The first-order chi connectivity index (χ1) is 8.34. The highest BCUT2D eigenvalue weighted by Gasteiger charge is 2.40. The van der Waals surface area contributed by atoms with E-state index in [9.17, 15) is 4.79 Å². The minimum absolute atomic E-state index is 0.107. The first kappa shape index (κ1) is 9.42. The molecule has 1 aliphatic carbocycles.